The maximum Gasteiger partial charge on any atom is 0.417 e. The molecule has 55 heavy (non-hydrogen) atoms. The molecule has 286 valence electrons. The van der Waals surface area contributed by atoms with Crippen LogP contribution in [0.5, 0.6) is 5.75 Å². The monoisotopic (exact) mass is 751 g/mol. The van der Waals surface area contributed by atoms with E-state index in [4.69, 9.17) is 9.47 Å². The minimum atomic E-state index is -4.67. The van der Waals surface area contributed by atoms with Crippen molar-refractivity contribution >= 4 is 28.9 Å². The number of hydrogen-bond donors (Lipinski definition) is 2. The van der Waals surface area contributed by atoms with Gasteiger partial charge in [-0.1, -0.05) is 48.6 Å². The van der Waals surface area contributed by atoms with Crippen LogP contribution in [-0.4, -0.2) is 59.4 Å². The number of alkyl halides is 3. The van der Waals surface area contributed by atoms with E-state index in [0.717, 1.165) is 69.9 Å². The standard InChI is InChI=1S/C44H44F3N3O5/c1-27-30(13-14-32-23-41(54-3)33(22-38(32)44(45,46)47)26-55-43(53)39-10-6-18-48-39)7-4-8-35(27)36-9-5-11-40(28(36)2)50-20-16-31-21-29(12-15-37(31)42(50)52)24-49-19-17-34(51)25-49/h4-5,7-9,11-16,20-23,34,39,48,51H,6,10,17-19,24-26H2,1-3H3/b14-13+/t34?,39-/m0/s1. The van der Waals surface area contributed by atoms with Crippen molar-refractivity contribution in [3.05, 3.63) is 128 Å². The zero-order valence-electron chi connectivity index (χ0n) is 31.1. The molecule has 3 heterocycles. The third kappa shape index (κ3) is 8.10. The van der Waals surface area contributed by atoms with Gasteiger partial charge in [0.15, 0.2) is 0 Å². The third-order valence-electron chi connectivity index (χ3n) is 10.8. The smallest absolute Gasteiger partial charge is 0.417 e. The molecule has 2 atom stereocenters. The lowest BCUT2D eigenvalue weighted by atomic mass is 9.92. The zero-order valence-corrected chi connectivity index (χ0v) is 31.1. The van der Waals surface area contributed by atoms with Gasteiger partial charge in [-0.3, -0.25) is 19.1 Å². The first-order chi connectivity index (χ1) is 26.4. The molecule has 2 N–H and O–H groups in total. The van der Waals surface area contributed by atoms with E-state index in [2.05, 4.69) is 10.2 Å². The lowest BCUT2D eigenvalue weighted by molar-refractivity contribution is -0.147. The molecule has 0 spiro atoms. The van der Waals surface area contributed by atoms with Crippen molar-refractivity contribution in [3.8, 4) is 22.6 Å². The van der Waals surface area contributed by atoms with Crippen LogP contribution < -0.4 is 15.6 Å². The third-order valence-corrected chi connectivity index (χ3v) is 10.8. The van der Waals surface area contributed by atoms with Crippen molar-refractivity contribution in [2.24, 2.45) is 0 Å². The molecule has 0 aliphatic carbocycles. The van der Waals surface area contributed by atoms with Gasteiger partial charge in [0.2, 0.25) is 0 Å². The number of aliphatic hydroxyl groups excluding tert-OH is 1. The van der Waals surface area contributed by atoms with E-state index < -0.39 is 23.8 Å². The van der Waals surface area contributed by atoms with Crippen LogP contribution in [0.15, 0.2) is 83.8 Å². The van der Waals surface area contributed by atoms with Gasteiger partial charge in [0.1, 0.15) is 18.4 Å². The van der Waals surface area contributed by atoms with Crippen molar-refractivity contribution in [1.29, 1.82) is 0 Å². The van der Waals surface area contributed by atoms with Crippen LogP contribution in [0.2, 0.25) is 0 Å². The number of aliphatic hydroxyl groups is 1. The number of nitrogens with zero attached hydrogens (tertiary/aromatic N) is 2. The summed E-state index contributed by atoms with van der Waals surface area (Å²) in [6.07, 6.45) is 2.13. The van der Waals surface area contributed by atoms with E-state index in [-0.39, 0.29) is 35.1 Å². The number of ether oxygens (including phenoxy) is 2. The first kappa shape index (κ1) is 38.1. The summed E-state index contributed by atoms with van der Waals surface area (Å²) in [5.41, 5.74) is 5.08. The largest absolute Gasteiger partial charge is 0.496 e. The van der Waals surface area contributed by atoms with Crippen molar-refractivity contribution in [2.75, 3.05) is 26.7 Å². The number of carbonyl (C=O) groups is 1. The van der Waals surface area contributed by atoms with E-state index in [1.54, 1.807) is 16.8 Å². The van der Waals surface area contributed by atoms with Gasteiger partial charge in [-0.25, -0.2) is 0 Å². The molecule has 1 unspecified atom stereocenters. The number of hydrogen-bond acceptors (Lipinski definition) is 7. The highest BCUT2D eigenvalue weighted by Gasteiger charge is 2.34. The van der Waals surface area contributed by atoms with Gasteiger partial charge in [0.25, 0.3) is 5.56 Å². The molecule has 2 aliphatic rings. The van der Waals surface area contributed by atoms with Crippen molar-refractivity contribution in [1.82, 2.24) is 14.8 Å². The number of likely N-dealkylation sites (tertiary alicyclic amines) is 1. The molecule has 4 aromatic carbocycles. The van der Waals surface area contributed by atoms with Crippen LogP contribution in [0, 0.1) is 13.8 Å². The summed E-state index contributed by atoms with van der Waals surface area (Å²) < 4.78 is 55.7. The SMILES string of the molecule is COc1cc(/C=C/c2cccc(-c3cccc(-n4ccc5cc(CN6CCC(O)C6)ccc5c4=O)c3C)c2C)c(C(F)(F)F)cc1COC(=O)[C@@H]1CCCN1. The second kappa shape index (κ2) is 15.9. The normalized spacial score (nSPS) is 17.7. The molecule has 5 aromatic rings. The second-order valence-corrected chi connectivity index (χ2v) is 14.4. The fourth-order valence-corrected chi connectivity index (χ4v) is 7.74. The second-order valence-electron chi connectivity index (χ2n) is 14.4. The van der Waals surface area contributed by atoms with E-state index >= 15 is 0 Å². The molecule has 0 saturated carbocycles. The molecular formula is C44H44F3N3O5. The maximum atomic E-state index is 14.4. The first-order valence-electron chi connectivity index (χ1n) is 18.5. The van der Waals surface area contributed by atoms with Gasteiger partial charge in [0, 0.05) is 36.8 Å². The number of halogens is 3. The Hall–Kier alpha value is -5.23. The summed E-state index contributed by atoms with van der Waals surface area (Å²) in [5.74, 6) is -0.312. The number of methoxy groups -OCH3 is 1. The van der Waals surface area contributed by atoms with Crippen molar-refractivity contribution < 1.29 is 32.5 Å². The Morgan fingerprint density at radius 3 is 2.44 bits per heavy atom. The van der Waals surface area contributed by atoms with E-state index in [0.29, 0.717) is 31.4 Å². The minimum absolute atomic E-state index is 0.0856. The molecule has 0 radical (unpaired) electrons. The van der Waals surface area contributed by atoms with Crippen molar-refractivity contribution in [3.63, 3.8) is 0 Å². The summed E-state index contributed by atoms with van der Waals surface area (Å²) in [6, 6.07) is 21.1. The van der Waals surface area contributed by atoms with Gasteiger partial charge < -0.3 is 19.9 Å². The lowest BCUT2D eigenvalue weighted by Crippen LogP contribution is -2.32. The highest BCUT2D eigenvalue weighted by molar-refractivity contribution is 5.84. The Kier molecular flexibility index (Phi) is 11.0. The van der Waals surface area contributed by atoms with Gasteiger partial charge in [0.05, 0.1) is 24.5 Å². The van der Waals surface area contributed by atoms with Crippen LogP contribution >= 0.6 is 0 Å². The summed E-state index contributed by atoms with van der Waals surface area (Å²) >= 11 is 0. The Morgan fingerprint density at radius 2 is 1.73 bits per heavy atom. The molecule has 1 aromatic heterocycles. The molecule has 2 saturated heterocycles. The van der Waals surface area contributed by atoms with Crippen LogP contribution in [0.3, 0.4) is 0 Å². The number of carbonyl (C=O) groups excluding carboxylic acids is 1. The molecule has 0 bridgehead atoms. The van der Waals surface area contributed by atoms with Gasteiger partial charge in [-0.05, 0) is 120 Å². The average molecular weight is 752 g/mol. The van der Waals surface area contributed by atoms with E-state index in [1.165, 1.54) is 19.3 Å². The Bertz CT molecular complexity index is 2330. The van der Waals surface area contributed by atoms with Crippen LogP contribution in [0.1, 0.15) is 58.2 Å². The Balaban J connectivity index is 1.16. The summed E-state index contributed by atoms with van der Waals surface area (Å²) in [6.45, 7) is 6.44. The van der Waals surface area contributed by atoms with Gasteiger partial charge >= 0.3 is 12.1 Å². The van der Waals surface area contributed by atoms with E-state index in [9.17, 15) is 27.9 Å². The average Bonchev–Trinajstić information content (AvgIpc) is 3.86. The fraction of sp³-hybridized carbons (Fsp3) is 0.318. The van der Waals surface area contributed by atoms with Crippen LogP contribution in [-0.2, 0) is 28.9 Å². The topological polar surface area (TPSA) is 93.0 Å². The van der Waals surface area contributed by atoms with E-state index in [1.807, 2.05) is 74.5 Å². The summed E-state index contributed by atoms with van der Waals surface area (Å²) in [4.78, 5) is 28.5. The highest BCUT2D eigenvalue weighted by Crippen LogP contribution is 2.38. The molecule has 8 nitrogen and oxygen atoms in total. The molecule has 7 rings (SSSR count). The molecule has 2 aliphatic heterocycles. The molecule has 11 heteroatoms. The summed E-state index contributed by atoms with van der Waals surface area (Å²) in [7, 11) is 1.37. The fourth-order valence-electron chi connectivity index (χ4n) is 7.74. The first-order valence-corrected chi connectivity index (χ1v) is 18.5. The van der Waals surface area contributed by atoms with Gasteiger partial charge in [-0.15, -0.1) is 0 Å². The number of benzene rings is 4. The van der Waals surface area contributed by atoms with Crippen LogP contribution in [0.4, 0.5) is 13.2 Å². The molecule has 2 fully saturated rings. The number of rotatable bonds is 10. The lowest BCUT2D eigenvalue weighted by Gasteiger charge is -2.18. The molecular weight excluding hydrogens is 707 g/mol. The number of nitrogens with one attached hydrogen (secondary N) is 1. The Morgan fingerprint density at radius 1 is 0.964 bits per heavy atom. The molecule has 0 amide bonds. The predicted molar refractivity (Wildman–Crippen MR) is 208 cm³/mol. The number of esters is 1. The Labute approximate surface area is 317 Å². The quantitative estimate of drug-likeness (QED) is 0.111. The van der Waals surface area contributed by atoms with Crippen molar-refractivity contribution in [2.45, 2.75) is 64.6 Å². The predicted octanol–water partition coefficient (Wildman–Crippen LogP) is 7.83. The minimum Gasteiger partial charge on any atom is -0.496 e. The zero-order chi connectivity index (χ0) is 38.9. The number of aromatic nitrogens is 1. The number of pyridine rings is 1. The maximum absolute atomic E-state index is 14.4. The number of fused-ring (bicyclic) bond motifs is 1. The van der Waals surface area contributed by atoms with Gasteiger partial charge in [-0.2, -0.15) is 13.2 Å². The van der Waals surface area contributed by atoms with Crippen LogP contribution in [0.25, 0.3) is 39.7 Å². The highest BCUT2D eigenvalue weighted by atomic mass is 19.4. The summed E-state index contributed by atoms with van der Waals surface area (Å²) in [5, 5.41) is 14.4. The number of β-amino-alcohol motifs (C(OH)–C–C–N with tert-alkyl or cyclic N) is 1.